The summed E-state index contributed by atoms with van der Waals surface area (Å²) in [6.07, 6.45) is 3.55. The average molecular weight is 433 g/mol. The first kappa shape index (κ1) is 26.0. The molecular formula is C21H32BN3O4S. The van der Waals surface area contributed by atoms with Crippen molar-refractivity contribution in [2.45, 2.75) is 64.1 Å². The van der Waals surface area contributed by atoms with E-state index in [9.17, 15) is 14.4 Å². The van der Waals surface area contributed by atoms with E-state index >= 15 is 0 Å². The molecule has 2 fully saturated rings. The summed E-state index contributed by atoms with van der Waals surface area (Å²) in [5.41, 5.74) is 11.3. The third-order valence-electron chi connectivity index (χ3n) is 5.77. The second kappa shape index (κ2) is 12.0. The smallest absolute Gasteiger partial charge is 0.240 e. The van der Waals surface area contributed by atoms with Crippen molar-refractivity contribution in [3.05, 3.63) is 35.9 Å². The second-order valence-corrected chi connectivity index (χ2v) is 7.63. The van der Waals surface area contributed by atoms with Crippen LogP contribution in [0.25, 0.3) is 0 Å². The molecular weight excluding hydrogens is 401 g/mol. The van der Waals surface area contributed by atoms with Gasteiger partial charge in [-0.15, -0.1) is 0 Å². The van der Waals surface area contributed by atoms with Gasteiger partial charge in [-0.2, -0.15) is 13.5 Å². The van der Waals surface area contributed by atoms with Crippen LogP contribution in [0.15, 0.2) is 30.3 Å². The van der Waals surface area contributed by atoms with Crippen molar-refractivity contribution >= 4 is 39.1 Å². The topological polar surface area (TPSA) is 116 Å². The Bertz CT molecular complexity index is 711. The van der Waals surface area contributed by atoms with Gasteiger partial charge in [0.25, 0.3) is 0 Å². The highest BCUT2D eigenvalue weighted by molar-refractivity contribution is 7.59. The Morgan fingerprint density at radius 2 is 1.80 bits per heavy atom. The van der Waals surface area contributed by atoms with Gasteiger partial charge in [-0.1, -0.05) is 37.2 Å². The molecule has 1 atom stereocenters. The van der Waals surface area contributed by atoms with Gasteiger partial charge in [0.1, 0.15) is 6.04 Å². The summed E-state index contributed by atoms with van der Waals surface area (Å²) < 4.78 is 5.99. The summed E-state index contributed by atoms with van der Waals surface area (Å²) >= 11 is 0. The van der Waals surface area contributed by atoms with Crippen molar-refractivity contribution in [1.82, 2.24) is 4.90 Å². The summed E-state index contributed by atoms with van der Waals surface area (Å²) in [4.78, 5) is 37.0. The van der Waals surface area contributed by atoms with E-state index in [-0.39, 0.29) is 38.3 Å². The summed E-state index contributed by atoms with van der Waals surface area (Å²) in [6.45, 7) is 2.60. The normalized spacial score (nSPS) is 23.4. The van der Waals surface area contributed by atoms with Crippen LogP contribution in [0.3, 0.4) is 0 Å². The minimum Gasteiger partial charge on any atom is -0.374 e. The molecule has 2 aliphatic rings. The highest BCUT2D eigenvalue weighted by Gasteiger charge is 2.55. The minimum absolute atomic E-state index is 0. The first-order chi connectivity index (χ1) is 13.9. The number of ether oxygens (including phenoxy) is 1. The Hall–Kier alpha value is -2.00. The summed E-state index contributed by atoms with van der Waals surface area (Å²) in [6, 6.07) is 9.28. The Morgan fingerprint density at radius 1 is 1.20 bits per heavy atom. The molecule has 0 aromatic heterocycles. The molecule has 164 valence electrons. The van der Waals surface area contributed by atoms with Crippen LogP contribution in [0.1, 0.15) is 44.1 Å². The maximum Gasteiger partial charge on any atom is 0.240 e. The molecule has 1 aromatic carbocycles. The molecule has 1 aliphatic heterocycles. The van der Waals surface area contributed by atoms with Crippen LogP contribution in [0.5, 0.6) is 0 Å². The zero-order valence-corrected chi connectivity index (χ0v) is 18.5. The number of carbonyl (C=O) groups excluding carboxylic acids is 3. The molecule has 3 rings (SSSR count). The molecule has 4 N–H and O–H groups in total. The Labute approximate surface area is 186 Å². The molecule has 0 bridgehead atoms. The van der Waals surface area contributed by atoms with Gasteiger partial charge < -0.3 is 21.1 Å². The zero-order chi connectivity index (χ0) is 21.4. The first-order valence-corrected chi connectivity index (χ1v) is 10.0. The Morgan fingerprint density at radius 3 is 2.30 bits per heavy atom. The Balaban J connectivity index is 0.00000146. The average Bonchev–Trinajstić information content (AvgIpc) is 2.74. The third-order valence-corrected chi connectivity index (χ3v) is 5.77. The van der Waals surface area contributed by atoms with Crippen molar-refractivity contribution in [3.63, 3.8) is 0 Å². The van der Waals surface area contributed by atoms with Gasteiger partial charge in [-0.25, -0.2) is 0 Å². The predicted molar refractivity (Wildman–Crippen MR) is 121 cm³/mol. The van der Waals surface area contributed by atoms with E-state index in [2.05, 4.69) is 7.85 Å². The number of benzene rings is 1. The van der Waals surface area contributed by atoms with E-state index in [1.807, 2.05) is 30.3 Å². The highest BCUT2D eigenvalue weighted by Crippen LogP contribution is 2.46. The van der Waals surface area contributed by atoms with Gasteiger partial charge in [-0.3, -0.25) is 14.4 Å². The summed E-state index contributed by atoms with van der Waals surface area (Å²) in [5.74, 6) is -1.11. The highest BCUT2D eigenvalue weighted by atomic mass is 32.1. The number of amides is 3. The molecule has 1 saturated heterocycles. The van der Waals surface area contributed by atoms with Crippen LogP contribution in [0.4, 0.5) is 0 Å². The lowest BCUT2D eigenvalue weighted by molar-refractivity contribution is -0.174. The zero-order valence-electron chi connectivity index (χ0n) is 17.5. The van der Waals surface area contributed by atoms with E-state index in [0.29, 0.717) is 13.2 Å². The van der Waals surface area contributed by atoms with Crippen molar-refractivity contribution in [2.24, 2.45) is 16.9 Å². The maximum absolute atomic E-state index is 12.8. The number of rotatable bonds is 8. The van der Waals surface area contributed by atoms with Crippen LogP contribution in [0, 0.1) is 5.41 Å². The molecule has 7 nitrogen and oxygen atoms in total. The van der Waals surface area contributed by atoms with Crippen LogP contribution < -0.4 is 11.5 Å². The number of carbonyl (C=O) groups is 3. The fourth-order valence-electron chi connectivity index (χ4n) is 4.13. The minimum atomic E-state index is -0.748. The van der Waals surface area contributed by atoms with Gasteiger partial charge in [0.15, 0.2) is 0 Å². The van der Waals surface area contributed by atoms with Crippen molar-refractivity contribution in [2.75, 3.05) is 6.54 Å². The van der Waals surface area contributed by atoms with Gasteiger partial charge in [0.2, 0.25) is 17.7 Å². The molecule has 2 radical (unpaired) electrons. The molecule has 1 aromatic rings. The lowest BCUT2D eigenvalue weighted by Crippen LogP contribution is -2.67. The molecule has 1 spiro atoms. The lowest BCUT2D eigenvalue weighted by atomic mass is 9.66. The van der Waals surface area contributed by atoms with Crippen LogP contribution in [0.2, 0.25) is 6.82 Å². The van der Waals surface area contributed by atoms with E-state index in [1.165, 1.54) is 11.7 Å². The van der Waals surface area contributed by atoms with Crippen LogP contribution in [-0.2, 0) is 25.7 Å². The number of hydrogen-bond donors (Lipinski definition) is 2. The van der Waals surface area contributed by atoms with Gasteiger partial charge >= 0.3 is 0 Å². The third kappa shape index (κ3) is 6.25. The number of nitrogens with two attached hydrogens (primary N) is 2. The standard InChI is InChI=1S/C20H27N3O4.CH3B.H2S/c21-17(24)7-6-16(18(22)25)23-13-20(19(23)26)10-8-15(9-11-20)27-12-14-4-2-1-3-5-14;1-2;/h1-5,15-16H,6-13H2,(H2,21,24)(H2,22,25);1H3;1H2/t15?,16-,20?;;/m0../s1. The van der Waals surface area contributed by atoms with Crippen molar-refractivity contribution in [3.8, 4) is 0 Å². The molecule has 1 heterocycles. The SMILES string of the molecule is NC(=O)CC[C@@H](C(N)=O)N1CC2(CCC(OCc3ccccc3)CC2)C1=O.S.[B]C. The lowest BCUT2D eigenvalue weighted by Gasteiger charge is -2.53. The number of likely N-dealkylation sites (tertiary alicyclic amines) is 1. The summed E-state index contributed by atoms with van der Waals surface area (Å²) in [5, 5.41) is 0. The number of β-lactam (4-membered cyclic amide) rings is 1. The van der Waals surface area contributed by atoms with Gasteiger partial charge in [-0.05, 0) is 37.7 Å². The van der Waals surface area contributed by atoms with E-state index in [1.54, 1.807) is 0 Å². The molecule has 1 saturated carbocycles. The largest absolute Gasteiger partial charge is 0.374 e. The van der Waals surface area contributed by atoms with Gasteiger partial charge in [0.05, 0.1) is 26.0 Å². The fraction of sp³-hybridized carbons (Fsp3) is 0.571. The summed E-state index contributed by atoms with van der Waals surface area (Å²) in [7, 11) is 4.50. The molecule has 30 heavy (non-hydrogen) atoms. The Kier molecular flexibility index (Phi) is 10.4. The van der Waals surface area contributed by atoms with E-state index in [4.69, 9.17) is 16.2 Å². The maximum atomic E-state index is 12.8. The first-order valence-electron chi connectivity index (χ1n) is 10.0. The van der Waals surface area contributed by atoms with Crippen LogP contribution >= 0.6 is 13.5 Å². The number of primary amides is 2. The number of nitrogens with zero attached hydrogens (tertiary/aromatic N) is 1. The molecule has 1 aliphatic carbocycles. The predicted octanol–water partition coefficient (Wildman–Crippen LogP) is 1.41. The fourth-order valence-corrected chi connectivity index (χ4v) is 4.13. The van der Waals surface area contributed by atoms with Crippen molar-refractivity contribution in [1.29, 1.82) is 0 Å². The monoisotopic (exact) mass is 433 g/mol. The van der Waals surface area contributed by atoms with Crippen LogP contribution in [-0.4, -0.2) is 49.2 Å². The second-order valence-electron chi connectivity index (χ2n) is 7.63. The van der Waals surface area contributed by atoms with E-state index in [0.717, 1.165) is 31.2 Å². The quantitative estimate of drug-likeness (QED) is 0.476. The molecule has 0 unspecified atom stereocenters. The van der Waals surface area contributed by atoms with Crippen molar-refractivity contribution < 1.29 is 19.1 Å². The molecule has 9 heteroatoms. The van der Waals surface area contributed by atoms with Gasteiger partial charge in [0, 0.05) is 13.0 Å². The van der Waals surface area contributed by atoms with E-state index < -0.39 is 23.3 Å². The number of hydrogen-bond acceptors (Lipinski definition) is 4. The molecule has 3 amide bonds.